The van der Waals surface area contributed by atoms with Crippen LogP contribution in [0.5, 0.6) is 0 Å². The van der Waals surface area contributed by atoms with Crippen molar-refractivity contribution < 1.29 is 4.43 Å². The van der Waals surface area contributed by atoms with Gasteiger partial charge in [0.2, 0.25) is 9.04 Å². The van der Waals surface area contributed by atoms with Crippen LogP contribution in [-0.2, 0) is 4.43 Å². The molecule has 1 aliphatic heterocycles. The normalized spacial score (nSPS) is 22.1. The van der Waals surface area contributed by atoms with Gasteiger partial charge in [-0.25, -0.2) is 0 Å². The second-order valence-corrected chi connectivity index (χ2v) is 6.80. The summed E-state index contributed by atoms with van der Waals surface area (Å²) in [5, 5.41) is 0. The smallest absolute Gasteiger partial charge is 0.211 e. The molecule has 1 radical (unpaired) electrons. The zero-order chi connectivity index (χ0) is 8.32. The van der Waals surface area contributed by atoms with E-state index < -0.39 is 9.04 Å². The largest absolute Gasteiger partial charge is 0.417 e. The molecule has 2 heteroatoms. The van der Waals surface area contributed by atoms with Gasteiger partial charge in [0.1, 0.15) is 0 Å². The van der Waals surface area contributed by atoms with Crippen molar-refractivity contribution in [2.75, 3.05) is 6.61 Å². The van der Waals surface area contributed by atoms with Crippen LogP contribution in [0, 0.1) is 5.41 Å². The van der Waals surface area contributed by atoms with Crippen molar-refractivity contribution >= 4 is 9.04 Å². The van der Waals surface area contributed by atoms with Crippen LogP contribution in [0.2, 0.25) is 12.1 Å². The molecule has 0 amide bonds. The molecule has 1 aliphatic rings. The van der Waals surface area contributed by atoms with Gasteiger partial charge in [-0.2, -0.15) is 0 Å². The van der Waals surface area contributed by atoms with Gasteiger partial charge in [0.05, 0.1) is 0 Å². The molecule has 0 aromatic rings. The van der Waals surface area contributed by atoms with Crippen LogP contribution in [0.15, 0.2) is 0 Å². The van der Waals surface area contributed by atoms with Crippen LogP contribution in [-0.4, -0.2) is 15.6 Å². The minimum atomic E-state index is -0.405. The predicted molar refractivity (Wildman–Crippen MR) is 50.0 cm³/mol. The maximum absolute atomic E-state index is 5.76. The lowest BCUT2D eigenvalue weighted by molar-refractivity contribution is 0.274. The molecule has 1 saturated heterocycles. The fourth-order valence-electron chi connectivity index (χ4n) is 1.44. The van der Waals surface area contributed by atoms with Crippen molar-refractivity contribution in [2.24, 2.45) is 5.41 Å². The molecule has 65 valence electrons. The van der Waals surface area contributed by atoms with E-state index in [1.54, 1.807) is 0 Å². The molecule has 0 unspecified atom stereocenters. The van der Waals surface area contributed by atoms with Crippen LogP contribution < -0.4 is 0 Å². The monoisotopic (exact) mass is 171 g/mol. The van der Waals surface area contributed by atoms with Gasteiger partial charge < -0.3 is 4.43 Å². The fourth-order valence-corrected chi connectivity index (χ4v) is 4.13. The first-order valence-electron chi connectivity index (χ1n) is 4.55. The molecule has 11 heavy (non-hydrogen) atoms. The summed E-state index contributed by atoms with van der Waals surface area (Å²) in [6, 6.07) is 2.69. The van der Waals surface area contributed by atoms with E-state index >= 15 is 0 Å². The molecule has 0 atom stereocenters. The highest BCUT2D eigenvalue weighted by molar-refractivity contribution is 6.52. The van der Waals surface area contributed by atoms with Crippen LogP contribution in [0.25, 0.3) is 0 Å². The third-order valence-electron chi connectivity index (χ3n) is 1.88. The molecule has 0 aromatic carbocycles. The van der Waals surface area contributed by atoms with Gasteiger partial charge in [0.15, 0.2) is 0 Å². The molecule has 1 nitrogen and oxygen atoms in total. The first-order chi connectivity index (χ1) is 5.08. The average molecular weight is 171 g/mol. The summed E-state index contributed by atoms with van der Waals surface area (Å²) in [4.78, 5) is 0. The van der Waals surface area contributed by atoms with Gasteiger partial charge in [0, 0.05) is 6.61 Å². The van der Waals surface area contributed by atoms with E-state index in [0.717, 1.165) is 6.61 Å². The van der Waals surface area contributed by atoms with Crippen molar-refractivity contribution in [2.45, 2.75) is 45.7 Å². The zero-order valence-corrected chi connectivity index (χ0v) is 8.94. The minimum Gasteiger partial charge on any atom is -0.417 e. The van der Waals surface area contributed by atoms with E-state index in [2.05, 4.69) is 20.8 Å². The van der Waals surface area contributed by atoms with Crippen molar-refractivity contribution in [3.8, 4) is 0 Å². The Hall–Kier alpha value is 0.177. The molecule has 1 heterocycles. The van der Waals surface area contributed by atoms with E-state index in [1.165, 1.54) is 24.9 Å². The lowest BCUT2D eigenvalue weighted by atomic mass is 10.0. The maximum Gasteiger partial charge on any atom is 0.211 e. The Morgan fingerprint density at radius 2 is 2.00 bits per heavy atom. The third kappa shape index (κ3) is 3.92. The average Bonchev–Trinajstić information content (AvgIpc) is 1.85. The van der Waals surface area contributed by atoms with Gasteiger partial charge >= 0.3 is 0 Å². The molecule has 0 aromatic heterocycles. The van der Waals surface area contributed by atoms with E-state index in [1.807, 2.05) is 0 Å². The van der Waals surface area contributed by atoms with Crippen molar-refractivity contribution in [1.29, 1.82) is 0 Å². The predicted octanol–water partition coefficient (Wildman–Crippen LogP) is 2.83. The summed E-state index contributed by atoms with van der Waals surface area (Å²) in [5.41, 5.74) is 0.478. The molecule has 0 spiro atoms. The topological polar surface area (TPSA) is 9.23 Å². The lowest BCUT2D eigenvalue weighted by Gasteiger charge is -2.26. The van der Waals surface area contributed by atoms with E-state index in [9.17, 15) is 0 Å². The van der Waals surface area contributed by atoms with Crippen LogP contribution in [0.1, 0.15) is 33.6 Å². The van der Waals surface area contributed by atoms with E-state index in [0.29, 0.717) is 5.41 Å². The Balaban J connectivity index is 2.24. The number of hydrogen-bond donors (Lipinski definition) is 0. The summed E-state index contributed by atoms with van der Waals surface area (Å²) < 4.78 is 5.76. The maximum atomic E-state index is 5.76. The fraction of sp³-hybridized carbons (Fsp3) is 1.00. The summed E-state index contributed by atoms with van der Waals surface area (Å²) in [6.07, 6.45) is 2.70. The first kappa shape index (κ1) is 9.27. The second-order valence-electron chi connectivity index (χ2n) is 4.58. The highest BCUT2D eigenvalue weighted by Gasteiger charge is 2.23. The molecule has 0 aliphatic carbocycles. The summed E-state index contributed by atoms with van der Waals surface area (Å²) in [7, 11) is -0.405. The Labute approximate surface area is 71.9 Å². The Morgan fingerprint density at radius 3 is 2.45 bits per heavy atom. The van der Waals surface area contributed by atoms with Crippen molar-refractivity contribution in [1.82, 2.24) is 0 Å². The third-order valence-corrected chi connectivity index (χ3v) is 4.86. The number of rotatable bonds is 1. The molecular formula is C9H19OSi. The lowest BCUT2D eigenvalue weighted by Crippen LogP contribution is -2.27. The van der Waals surface area contributed by atoms with Gasteiger partial charge in [-0.05, 0) is 23.9 Å². The molecular weight excluding hydrogens is 152 g/mol. The Bertz CT molecular complexity index is 111. The van der Waals surface area contributed by atoms with Gasteiger partial charge in [0.25, 0.3) is 0 Å². The highest BCUT2D eigenvalue weighted by atomic mass is 28.3. The highest BCUT2D eigenvalue weighted by Crippen LogP contribution is 2.26. The summed E-state index contributed by atoms with van der Waals surface area (Å²) >= 11 is 0. The van der Waals surface area contributed by atoms with Crippen molar-refractivity contribution in [3.05, 3.63) is 0 Å². The molecule has 0 N–H and O–H groups in total. The van der Waals surface area contributed by atoms with Gasteiger partial charge in [-0.15, -0.1) is 0 Å². The van der Waals surface area contributed by atoms with E-state index in [-0.39, 0.29) is 0 Å². The van der Waals surface area contributed by atoms with Gasteiger partial charge in [-0.1, -0.05) is 27.2 Å². The molecule has 1 fully saturated rings. The number of hydrogen-bond acceptors (Lipinski definition) is 1. The SMILES string of the molecule is CC(C)(C)C[Si]1CCCCO1. The Kier molecular flexibility index (Phi) is 3.13. The Morgan fingerprint density at radius 1 is 1.27 bits per heavy atom. The molecule has 0 saturated carbocycles. The summed E-state index contributed by atoms with van der Waals surface area (Å²) in [5.74, 6) is 0. The minimum absolute atomic E-state index is 0.405. The second kappa shape index (κ2) is 3.72. The standard InChI is InChI=1S/C9H19OSi/c1-9(2,3)8-11-7-5-4-6-10-11/h4-8H2,1-3H3. The first-order valence-corrected chi connectivity index (χ1v) is 6.38. The van der Waals surface area contributed by atoms with E-state index in [4.69, 9.17) is 4.43 Å². The molecule has 0 bridgehead atoms. The molecule has 1 rings (SSSR count). The van der Waals surface area contributed by atoms with Crippen LogP contribution in [0.4, 0.5) is 0 Å². The van der Waals surface area contributed by atoms with Crippen molar-refractivity contribution in [3.63, 3.8) is 0 Å². The van der Waals surface area contributed by atoms with Crippen LogP contribution >= 0.6 is 0 Å². The quantitative estimate of drug-likeness (QED) is 0.551. The summed E-state index contributed by atoms with van der Waals surface area (Å²) in [6.45, 7) is 7.96. The van der Waals surface area contributed by atoms with Crippen LogP contribution in [0.3, 0.4) is 0 Å². The zero-order valence-electron chi connectivity index (χ0n) is 7.94. The van der Waals surface area contributed by atoms with Gasteiger partial charge in [-0.3, -0.25) is 0 Å².